The second-order valence-electron chi connectivity index (χ2n) is 6.53. The van der Waals surface area contributed by atoms with E-state index in [1.54, 1.807) is 7.11 Å². The molecule has 0 bridgehead atoms. The molecule has 5 nitrogen and oxygen atoms in total. The number of benzene rings is 1. The lowest BCUT2D eigenvalue weighted by atomic mass is 9.87. The van der Waals surface area contributed by atoms with Gasteiger partial charge in [-0.2, -0.15) is 0 Å². The van der Waals surface area contributed by atoms with Crippen molar-refractivity contribution >= 4 is 5.78 Å². The van der Waals surface area contributed by atoms with Gasteiger partial charge in [0.1, 0.15) is 5.75 Å². The summed E-state index contributed by atoms with van der Waals surface area (Å²) in [5.74, 6) is 1.10. The summed E-state index contributed by atoms with van der Waals surface area (Å²) in [5, 5.41) is 13.5. The number of carbonyl (C=O) groups excluding carboxylic acids is 1. The fraction of sp³-hybridized carbons (Fsp3) is 0.611. The number of piperidine rings is 2. The van der Waals surface area contributed by atoms with E-state index < -0.39 is 0 Å². The molecule has 1 aromatic rings. The Labute approximate surface area is 137 Å². The van der Waals surface area contributed by atoms with Crippen molar-refractivity contribution in [2.24, 2.45) is 5.92 Å². The highest BCUT2D eigenvalue weighted by Gasteiger charge is 2.33. The highest BCUT2D eigenvalue weighted by molar-refractivity contribution is 5.98. The molecule has 3 rings (SSSR count). The van der Waals surface area contributed by atoms with Crippen molar-refractivity contribution in [1.29, 1.82) is 0 Å². The van der Waals surface area contributed by atoms with E-state index in [4.69, 9.17) is 4.74 Å². The van der Waals surface area contributed by atoms with E-state index in [0.717, 1.165) is 56.8 Å². The number of hydrogen-bond acceptors (Lipinski definition) is 5. The molecular formula is C18H26N2O3. The summed E-state index contributed by atoms with van der Waals surface area (Å²) in [6.07, 6.45) is 2.31. The van der Waals surface area contributed by atoms with E-state index >= 15 is 0 Å². The second kappa shape index (κ2) is 7.43. The van der Waals surface area contributed by atoms with Crippen LogP contribution in [0.25, 0.3) is 0 Å². The number of aliphatic hydroxyl groups excluding tert-OH is 1. The normalized spacial score (nSPS) is 26.9. The number of likely N-dealkylation sites (tertiary alicyclic amines) is 1. The summed E-state index contributed by atoms with van der Waals surface area (Å²) >= 11 is 0. The Balaban J connectivity index is 1.56. The monoisotopic (exact) mass is 318 g/mol. The summed E-state index contributed by atoms with van der Waals surface area (Å²) in [5.41, 5.74) is 0.767. The maximum atomic E-state index is 12.6. The molecule has 0 unspecified atom stereocenters. The number of ether oxygens (including phenoxy) is 1. The van der Waals surface area contributed by atoms with Crippen LogP contribution in [0, 0.1) is 5.92 Å². The zero-order valence-corrected chi connectivity index (χ0v) is 13.7. The van der Waals surface area contributed by atoms with Gasteiger partial charge in [0.25, 0.3) is 0 Å². The van der Waals surface area contributed by atoms with E-state index in [0.29, 0.717) is 0 Å². The van der Waals surface area contributed by atoms with Crippen molar-refractivity contribution in [3.05, 3.63) is 29.8 Å². The molecule has 0 saturated carbocycles. The number of aliphatic hydroxyl groups is 1. The average Bonchev–Trinajstić information content (AvgIpc) is 2.62. The lowest BCUT2D eigenvalue weighted by molar-refractivity contribution is 0.0125. The standard InChI is InChI=1S/C18H26N2O3/c1-23-15-4-2-13(3-5-15)18(22)14-7-10-20(11-8-14)16-12-19-9-6-17(16)21/h2-5,14,16-17,19,21H,6-12H2,1H3/t16-,17-/m0/s1. The van der Waals surface area contributed by atoms with Gasteiger partial charge in [-0.15, -0.1) is 0 Å². The van der Waals surface area contributed by atoms with Crippen LogP contribution in [-0.4, -0.2) is 61.2 Å². The van der Waals surface area contributed by atoms with Crippen molar-refractivity contribution < 1.29 is 14.6 Å². The number of hydrogen-bond donors (Lipinski definition) is 2. The minimum atomic E-state index is -0.245. The van der Waals surface area contributed by atoms with Gasteiger partial charge in [-0.05, 0) is 63.2 Å². The molecule has 2 aliphatic heterocycles. The van der Waals surface area contributed by atoms with Crippen LogP contribution in [0.4, 0.5) is 0 Å². The maximum Gasteiger partial charge on any atom is 0.166 e. The third kappa shape index (κ3) is 3.74. The number of carbonyl (C=O) groups is 1. The highest BCUT2D eigenvalue weighted by atomic mass is 16.5. The maximum absolute atomic E-state index is 12.6. The molecule has 2 heterocycles. The molecule has 0 radical (unpaired) electrons. The molecule has 23 heavy (non-hydrogen) atoms. The predicted molar refractivity (Wildman–Crippen MR) is 88.9 cm³/mol. The molecule has 126 valence electrons. The first kappa shape index (κ1) is 16.4. The van der Waals surface area contributed by atoms with Crippen molar-refractivity contribution in [3.63, 3.8) is 0 Å². The fourth-order valence-electron chi connectivity index (χ4n) is 3.69. The Hall–Kier alpha value is -1.43. The third-order valence-corrected chi connectivity index (χ3v) is 5.16. The molecule has 1 aromatic carbocycles. The number of nitrogens with zero attached hydrogens (tertiary/aromatic N) is 1. The molecule has 5 heteroatoms. The smallest absolute Gasteiger partial charge is 0.166 e. The molecule has 0 aromatic heterocycles. The van der Waals surface area contributed by atoms with Crippen LogP contribution < -0.4 is 10.1 Å². The SMILES string of the molecule is COc1ccc(C(=O)C2CCN([C@H]3CNCC[C@@H]3O)CC2)cc1. The van der Waals surface area contributed by atoms with E-state index in [1.807, 2.05) is 24.3 Å². The minimum absolute atomic E-state index is 0.0911. The summed E-state index contributed by atoms with van der Waals surface area (Å²) in [6.45, 7) is 3.51. The van der Waals surface area contributed by atoms with Crippen LogP contribution in [0.3, 0.4) is 0 Å². The van der Waals surface area contributed by atoms with E-state index in [9.17, 15) is 9.90 Å². The van der Waals surface area contributed by atoms with Gasteiger partial charge in [-0.3, -0.25) is 9.69 Å². The number of ketones is 1. The van der Waals surface area contributed by atoms with Crippen molar-refractivity contribution in [2.45, 2.75) is 31.4 Å². The van der Waals surface area contributed by atoms with Gasteiger partial charge >= 0.3 is 0 Å². The Bertz CT molecular complexity index is 524. The van der Waals surface area contributed by atoms with Gasteiger partial charge < -0.3 is 15.2 Å². The van der Waals surface area contributed by atoms with E-state index in [1.165, 1.54) is 0 Å². The van der Waals surface area contributed by atoms with Crippen LogP contribution in [0.1, 0.15) is 29.6 Å². The largest absolute Gasteiger partial charge is 0.497 e. The van der Waals surface area contributed by atoms with Crippen molar-refractivity contribution in [2.75, 3.05) is 33.3 Å². The molecule has 0 spiro atoms. The van der Waals surface area contributed by atoms with Gasteiger partial charge in [0, 0.05) is 24.1 Å². The van der Waals surface area contributed by atoms with Crippen LogP contribution in [0.5, 0.6) is 5.75 Å². The molecule has 0 amide bonds. The highest BCUT2D eigenvalue weighted by Crippen LogP contribution is 2.25. The summed E-state index contributed by atoms with van der Waals surface area (Å²) < 4.78 is 5.14. The first-order valence-corrected chi connectivity index (χ1v) is 8.50. The molecule has 2 N–H and O–H groups in total. The Kier molecular flexibility index (Phi) is 5.30. The van der Waals surface area contributed by atoms with Crippen molar-refractivity contribution in [1.82, 2.24) is 10.2 Å². The molecule has 2 atom stereocenters. The van der Waals surface area contributed by atoms with Crippen LogP contribution in [-0.2, 0) is 0 Å². The molecule has 2 fully saturated rings. The lowest BCUT2D eigenvalue weighted by Gasteiger charge is -2.41. The zero-order chi connectivity index (χ0) is 16.2. The van der Waals surface area contributed by atoms with Crippen molar-refractivity contribution in [3.8, 4) is 5.75 Å². The fourth-order valence-corrected chi connectivity index (χ4v) is 3.69. The van der Waals surface area contributed by atoms with Crippen LogP contribution >= 0.6 is 0 Å². The Morgan fingerprint density at radius 1 is 1.22 bits per heavy atom. The Morgan fingerprint density at radius 2 is 1.91 bits per heavy atom. The Morgan fingerprint density at radius 3 is 2.52 bits per heavy atom. The number of methoxy groups -OCH3 is 1. The van der Waals surface area contributed by atoms with E-state index in [-0.39, 0.29) is 23.8 Å². The van der Waals surface area contributed by atoms with E-state index in [2.05, 4.69) is 10.2 Å². The van der Waals surface area contributed by atoms with Gasteiger partial charge in [0.15, 0.2) is 5.78 Å². The third-order valence-electron chi connectivity index (χ3n) is 5.16. The average molecular weight is 318 g/mol. The van der Waals surface area contributed by atoms with Gasteiger partial charge in [-0.1, -0.05) is 0 Å². The number of Topliss-reactive ketones (excluding diaryl/α,β-unsaturated/α-hetero) is 1. The first-order chi connectivity index (χ1) is 11.2. The van der Waals surface area contributed by atoms with Crippen LogP contribution in [0.2, 0.25) is 0 Å². The topological polar surface area (TPSA) is 61.8 Å². The zero-order valence-electron chi connectivity index (χ0n) is 13.7. The number of nitrogens with one attached hydrogen (secondary N) is 1. The summed E-state index contributed by atoms with van der Waals surface area (Å²) in [7, 11) is 1.63. The molecule has 2 saturated heterocycles. The number of rotatable bonds is 4. The first-order valence-electron chi connectivity index (χ1n) is 8.50. The second-order valence-corrected chi connectivity index (χ2v) is 6.53. The predicted octanol–water partition coefficient (Wildman–Crippen LogP) is 1.31. The van der Waals surface area contributed by atoms with Crippen LogP contribution in [0.15, 0.2) is 24.3 Å². The van der Waals surface area contributed by atoms with Gasteiger partial charge in [0.2, 0.25) is 0 Å². The van der Waals surface area contributed by atoms with Gasteiger partial charge in [0.05, 0.1) is 13.2 Å². The quantitative estimate of drug-likeness (QED) is 0.820. The summed E-state index contributed by atoms with van der Waals surface area (Å²) in [6, 6.07) is 7.57. The van der Waals surface area contributed by atoms with Gasteiger partial charge in [-0.25, -0.2) is 0 Å². The molecule has 0 aliphatic carbocycles. The minimum Gasteiger partial charge on any atom is -0.497 e. The summed E-state index contributed by atoms with van der Waals surface area (Å²) in [4.78, 5) is 15.0. The molecular weight excluding hydrogens is 292 g/mol. The lowest BCUT2D eigenvalue weighted by Crippen LogP contribution is -2.56. The molecule has 2 aliphatic rings.